The summed E-state index contributed by atoms with van der Waals surface area (Å²) in [5, 5.41) is 13.0. The number of halogens is 4. The quantitative estimate of drug-likeness (QED) is 0.583. The first-order chi connectivity index (χ1) is 13.6. The minimum Gasteiger partial charge on any atom is -0.324 e. The predicted molar refractivity (Wildman–Crippen MR) is 98.6 cm³/mol. The van der Waals surface area contributed by atoms with Crippen molar-refractivity contribution in [2.75, 3.05) is 16.8 Å². The molecular formula is C18H13ClF3N3O4. The molecule has 1 saturated heterocycles. The smallest absolute Gasteiger partial charge is 0.324 e. The lowest BCUT2D eigenvalue weighted by molar-refractivity contribution is -0.384. The molecule has 0 unspecified atom stereocenters. The van der Waals surface area contributed by atoms with Gasteiger partial charge in [0.25, 0.3) is 5.69 Å². The first-order valence-electron chi connectivity index (χ1n) is 8.28. The molecule has 1 atom stereocenters. The minimum absolute atomic E-state index is 0.0148. The van der Waals surface area contributed by atoms with E-state index in [1.165, 1.54) is 29.2 Å². The van der Waals surface area contributed by atoms with Gasteiger partial charge in [-0.2, -0.15) is 13.2 Å². The molecule has 152 valence electrons. The van der Waals surface area contributed by atoms with Gasteiger partial charge in [-0.05, 0) is 30.3 Å². The maximum atomic E-state index is 12.9. The Morgan fingerprint density at radius 1 is 1.21 bits per heavy atom. The number of non-ortho nitro benzene ring substituents is 1. The lowest BCUT2D eigenvalue weighted by atomic mass is 10.1. The number of benzene rings is 2. The Morgan fingerprint density at radius 2 is 1.86 bits per heavy atom. The first-order valence-corrected chi connectivity index (χ1v) is 8.66. The number of hydrogen-bond donors (Lipinski definition) is 1. The summed E-state index contributed by atoms with van der Waals surface area (Å²) >= 11 is 5.88. The number of carbonyl (C=O) groups excluding carboxylic acids is 2. The van der Waals surface area contributed by atoms with Gasteiger partial charge in [-0.15, -0.1) is 0 Å². The average Bonchev–Trinajstić information content (AvgIpc) is 3.04. The average molecular weight is 428 g/mol. The second-order valence-corrected chi connectivity index (χ2v) is 6.77. The van der Waals surface area contributed by atoms with Gasteiger partial charge < -0.3 is 10.2 Å². The van der Waals surface area contributed by atoms with Crippen LogP contribution in [-0.2, 0) is 15.8 Å². The second-order valence-electron chi connectivity index (χ2n) is 6.36. The molecule has 0 aromatic heterocycles. The minimum atomic E-state index is -4.60. The van der Waals surface area contributed by atoms with E-state index < -0.39 is 28.5 Å². The van der Waals surface area contributed by atoms with Crippen molar-refractivity contribution in [3.63, 3.8) is 0 Å². The van der Waals surface area contributed by atoms with Gasteiger partial charge in [-0.1, -0.05) is 11.6 Å². The highest BCUT2D eigenvalue weighted by atomic mass is 35.5. The molecule has 1 N–H and O–H groups in total. The van der Waals surface area contributed by atoms with E-state index in [9.17, 15) is 32.9 Å². The van der Waals surface area contributed by atoms with E-state index in [-0.39, 0.29) is 35.3 Å². The van der Waals surface area contributed by atoms with Crippen LogP contribution in [0, 0.1) is 16.0 Å². The summed E-state index contributed by atoms with van der Waals surface area (Å²) < 4.78 is 38.6. The van der Waals surface area contributed by atoms with Gasteiger partial charge in [0.05, 0.1) is 27.1 Å². The SMILES string of the molecule is O=C(Nc1cc(C(F)(F)F)ccc1Cl)[C@@H]1CC(=O)N(c2ccc([N+](=O)[O-])cc2)C1. The van der Waals surface area contributed by atoms with Crippen LogP contribution < -0.4 is 10.2 Å². The lowest BCUT2D eigenvalue weighted by Crippen LogP contribution is -2.28. The number of nitro benzene ring substituents is 1. The summed E-state index contributed by atoms with van der Waals surface area (Å²) in [6.07, 6.45) is -4.75. The molecule has 2 aromatic rings. The molecule has 29 heavy (non-hydrogen) atoms. The van der Waals surface area contributed by atoms with Gasteiger partial charge >= 0.3 is 6.18 Å². The Balaban J connectivity index is 1.73. The van der Waals surface area contributed by atoms with Crippen molar-refractivity contribution in [3.8, 4) is 0 Å². The molecule has 0 aliphatic carbocycles. The number of hydrogen-bond acceptors (Lipinski definition) is 4. The number of anilines is 2. The van der Waals surface area contributed by atoms with E-state index in [0.29, 0.717) is 5.69 Å². The van der Waals surface area contributed by atoms with E-state index in [0.717, 1.165) is 18.2 Å². The van der Waals surface area contributed by atoms with Crippen molar-refractivity contribution >= 4 is 40.5 Å². The van der Waals surface area contributed by atoms with Gasteiger partial charge in [0.2, 0.25) is 11.8 Å². The van der Waals surface area contributed by atoms with Crippen molar-refractivity contribution in [3.05, 3.63) is 63.2 Å². The molecule has 1 heterocycles. The number of nitro groups is 1. The van der Waals surface area contributed by atoms with Gasteiger partial charge in [0.1, 0.15) is 0 Å². The van der Waals surface area contributed by atoms with Gasteiger partial charge in [0, 0.05) is 30.8 Å². The first kappa shape index (κ1) is 20.6. The fourth-order valence-corrected chi connectivity index (χ4v) is 3.08. The summed E-state index contributed by atoms with van der Waals surface area (Å²) in [4.78, 5) is 36.2. The highest BCUT2D eigenvalue weighted by Gasteiger charge is 2.36. The zero-order chi connectivity index (χ0) is 21.3. The summed E-state index contributed by atoms with van der Waals surface area (Å²) in [5.74, 6) is -1.85. The third kappa shape index (κ3) is 4.48. The number of rotatable bonds is 4. The van der Waals surface area contributed by atoms with E-state index in [2.05, 4.69) is 5.32 Å². The fourth-order valence-electron chi connectivity index (χ4n) is 2.92. The molecule has 1 aliphatic rings. The van der Waals surface area contributed by atoms with Crippen molar-refractivity contribution in [1.29, 1.82) is 0 Å². The van der Waals surface area contributed by atoms with Crippen LogP contribution in [0.15, 0.2) is 42.5 Å². The third-order valence-electron chi connectivity index (χ3n) is 4.42. The topological polar surface area (TPSA) is 92.6 Å². The molecule has 1 fully saturated rings. The van der Waals surface area contributed by atoms with E-state index in [1.54, 1.807) is 0 Å². The zero-order valence-corrected chi connectivity index (χ0v) is 15.3. The zero-order valence-electron chi connectivity index (χ0n) is 14.6. The summed E-state index contributed by atoms with van der Waals surface area (Å²) in [7, 11) is 0. The Morgan fingerprint density at radius 3 is 2.45 bits per heavy atom. The van der Waals surface area contributed by atoms with E-state index >= 15 is 0 Å². The highest BCUT2D eigenvalue weighted by molar-refractivity contribution is 6.33. The van der Waals surface area contributed by atoms with Crippen LogP contribution in [0.25, 0.3) is 0 Å². The molecule has 3 rings (SSSR count). The Bertz CT molecular complexity index is 979. The molecular weight excluding hydrogens is 415 g/mol. The second kappa shape index (κ2) is 7.70. The van der Waals surface area contributed by atoms with Crippen molar-refractivity contribution in [2.45, 2.75) is 12.6 Å². The van der Waals surface area contributed by atoms with Crippen LogP contribution in [0.1, 0.15) is 12.0 Å². The molecule has 11 heteroatoms. The predicted octanol–water partition coefficient (Wildman–Crippen LogP) is 4.26. The molecule has 0 spiro atoms. The summed E-state index contributed by atoms with van der Waals surface area (Å²) in [5.41, 5.74) is -0.929. The van der Waals surface area contributed by atoms with Crippen LogP contribution in [0.5, 0.6) is 0 Å². The Labute approximate surface area is 167 Å². The standard InChI is InChI=1S/C18H13ClF3N3O4/c19-14-6-1-11(18(20,21)22)8-15(14)23-17(27)10-7-16(26)24(9-10)12-2-4-13(5-3-12)25(28)29/h1-6,8,10H,7,9H2,(H,23,27)/t10-/m1/s1. The largest absolute Gasteiger partial charge is 0.416 e. The fraction of sp³-hybridized carbons (Fsp3) is 0.222. The van der Waals surface area contributed by atoms with Crippen molar-refractivity contribution in [1.82, 2.24) is 0 Å². The molecule has 0 bridgehead atoms. The normalized spacial score (nSPS) is 16.8. The van der Waals surface area contributed by atoms with Crippen molar-refractivity contribution in [2.24, 2.45) is 5.92 Å². The number of nitrogens with zero attached hydrogens (tertiary/aromatic N) is 2. The third-order valence-corrected chi connectivity index (χ3v) is 4.75. The maximum absolute atomic E-state index is 12.9. The van der Waals surface area contributed by atoms with E-state index in [1.807, 2.05) is 0 Å². The van der Waals surface area contributed by atoms with Crippen LogP contribution in [0.2, 0.25) is 5.02 Å². The van der Waals surface area contributed by atoms with E-state index in [4.69, 9.17) is 11.6 Å². The molecule has 7 nitrogen and oxygen atoms in total. The summed E-state index contributed by atoms with van der Waals surface area (Å²) in [6, 6.07) is 7.80. The van der Waals surface area contributed by atoms with Crippen LogP contribution in [0.4, 0.5) is 30.2 Å². The molecule has 0 saturated carbocycles. The van der Waals surface area contributed by atoms with Crippen molar-refractivity contribution < 1.29 is 27.7 Å². The molecule has 1 aliphatic heterocycles. The van der Waals surface area contributed by atoms with Gasteiger partial charge in [-0.25, -0.2) is 0 Å². The van der Waals surface area contributed by atoms with Crippen LogP contribution in [-0.4, -0.2) is 23.3 Å². The van der Waals surface area contributed by atoms with Crippen LogP contribution in [0.3, 0.4) is 0 Å². The highest BCUT2D eigenvalue weighted by Crippen LogP contribution is 2.34. The van der Waals surface area contributed by atoms with Gasteiger partial charge in [-0.3, -0.25) is 19.7 Å². The molecule has 0 radical (unpaired) electrons. The Kier molecular flexibility index (Phi) is 5.47. The molecule has 2 amide bonds. The number of amides is 2. The lowest BCUT2D eigenvalue weighted by Gasteiger charge is -2.17. The Hall–Kier alpha value is -3.14. The summed E-state index contributed by atoms with van der Waals surface area (Å²) in [6.45, 7) is -0.0148. The van der Waals surface area contributed by atoms with Gasteiger partial charge in [0.15, 0.2) is 0 Å². The maximum Gasteiger partial charge on any atom is 0.416 e. The number of nitrogens with one attached hydrogen (secondary N) is 1. The monoisotopic (exact) mass is 427 g/mol. The number of alkyl halides is 3. The van der Waals surface area contributed by atoms with Crippen LogP contribution >= 0.6 is 11.6 Å². The molecule has 2 aromatic carbocycles. The number of carbonyl (C=O) groups is 2.